The van der Waals surface area contributed by atoms with E-state index in [1.807, 2.05) is 0 Å². The Morgan fingerprint density at radius 2 is 2.23 bits per heavy atom. The monoisotopic (exact) mass is 177 g/mol. The average Bonchev–Trinajstić information content (AvgIpc) is 2.25. The summed E-state index contributed by atoms with van der Waals surface area (Å²) in [6, 6.07) is -0.959. The van der Waals surface area contributed by atoms with Gasteiger partial charge in [-0.1, -0.05) is 0 Å². The zero-order valence-corrected chi connectivity index (χ0v) is 7.33. The zero-order valence-electron chi connectivity index (χ0n) is 7.33. The summed E-state index contributed by atoms with van der Waals surface area (Å²) < 4.78 is 4.89. The van der Waals surface area contributed by atoms with Crippen LogP contribution in [0.25, 0.3) is 0 Å². The van der Waals surface area contributed by atoms with Crippen molar-refractivity contribution in [2.75, 3.05) is 0 Å². The first kappa shape index (κ1) is 10.4. The number of carboxylic acids is 1. The molecule has 5 nitrogen and oxygen atoms in total. The molecule has 0 radical (unpaired) electrons. The summed E-state index contributed by atoms with van der Waals surface area (Å²) in [7, 11) is 0. The van der Waals surface area contributed by atoms with Crippen molar-refractivity contribution < 1.29 is 38.3 Å². The first-order chi connectivity index (χ1) is 5.64. The molecule has 1 spiro atoms. The number of carbonyl (C=O) groups excluding carboxylic acids is 2. The van der Waals surface area contributed by atoms with Gasteiger partial charge in [0.05, 0.1) is 5.97 Å². The van der Waals surface area contributed by atoms with Crippen molar-refractivity contribution in [3.8, 4) is 0 Å². The fourth-order valence-corrected chi connectivity index (χ4v) is 1.71. The molecule has 1 heterocycles. The Bertz CT molecular complexity index is 251. The minimum atomic E-state index is -1.26. The van der Waals surface area contributed by atoms with Gasteiger partial charge in [0.1, 0.15) is 11.6 Å². The quantitative estimate of drug-likeness (QED) is 0.411. The Morgan fingerprint density at radius 1 is 1.62 bits per heavy atom. The summed E-state index contributed by atoms with van der Waals surface area (Å²) >= 11 is 0. The van der Waals surface area contributed by atoms with E-state index in [0.717, 1.165) is 6.42 Å². The minimum Gasteiger partial charge on any atom is -0.548 e. The predicted molar refractivity (Wildman–Crippen MR) is 35.0 cm³/mol. The molecule has 2 rings (SSSR count). The number of aliphatic carboxylic acids is 1. The third-order valence-electron chi connectivity index (χ3n) is 2.52. The van der Waals surface area contributed by atoms with Gasteiger partial charge in [0, 0.05) is 0 Å². The van der Waals surface area contributed by atoms with E-state index in [0.29, 0.717) is 12.8 Å². The number of carboxylic acid groups (broad SMARTS) is 1. The van der Waals surface area contributed by atoms with Crippen LogP contribution in [0.1, 0.15) is 19.3 Å². The average molecular weight is 177 g/mol. The first-order valence-electron chi connectivity index (χ1n) is 3.84. The second-order valence-electron chi connectivity index (χ2n) is 3.20. The molecular weight excluding hydrogens is 169 g/mol. The fraction of sp³-hybridized carbons (Fsp3) is 0.714. The number of hydrogen-bond donors (Lipinski definition) is 1. The molecule has 0 aromatic rings. The summed E-state index contributed by atoms with van der Waals surface area (Å²) in [6.07, 6.45) is 1.48. The normalized spacial score (nSPS) is 28.3. The molecule has 0 bridgehead atoms. The maximum Gasteiger partial charge on any atom is 1.00 e. The van der Waals surface area contributed by atoms with E-state index in [9.17, 15) is 14.7 Å². The molecule has 2 fully saturated rings. The standard InChI is InChI=1S/C7H9NO4.Li/c9-5(10)4-7(2-1-3-7)12-6(11)8-4;/h4H,1-3H2,(H,8,11)(H,9,10);/q;+1/p-1. The summed E-state index contributed by atoms with van der Waals surface area (Å²) in [5.74, 6) is -1.26. The number of nitrogens with one attached hydrogen (secondary N) is 1. The summed E-state index contributed by atoms with van der Waals surface area (Å²) in [5, 5.41) is 12.8. The fourth-order valence-electron chi connectivity index (χ4n) is 1.71. The van der Waals surface area contributed by atoms with E-state index >= 15 is 0 Å². The van der Waals surface area contributed by atoms with Crippen LogP contribution in [-0.4, -0.2) is 23.7 Å². The van der Waals surface area contributed by atoms with Crippen LogP contribution >= 0.6 is 0 Å². The Labute approximate surface area is 87.0 Å². The van der Waals surface area contributed by atoms with E-state index < -0.39 is 23.7 Å². The molecule has 1 unspecified atom stereocenters. The number of carbonyl (C=O) groups is 2. The molecule has 1 atom stereocenters. The van der Waals surface area contributed by atoms with Crippen LogP contribution in [0.3, 0.4) is 0 Å². The second-order valence-corrected chi connectivity index (χ2v) is 3.20. The SMILES string of the molecule is O=C1NC(C(=O)[O-])C2(CCC2)O1.[Li+]. The van der Waals surface area contributed by atoms with Crippen molar-refractivity contribution in [3.05, 3.63) is 0 Å². The van der Waals surface area contributed by atoms with Gasteiger partial charge < -0.3 is 20.0 Å². The van der Waals surface area contributed by atoms with Crippen molar-refractivity contribution in [3.63, 3.8) is 0 Å². The topological polar surface area (TPSA) is 78.5 Å². The van der Waals surface area contributed by atoms with Gasteiger partial charge >= 0.3 is 25.0 Å². The summed E-state index contributed by atoms with van der Waals surface area (Å²) in [6.45, 7) is 0. The largest absolute Gasteiger partial charge is 1.00 e. The van der Waals surface area contributed by atoms with Gasteiger partial charge in [-0.15, -0.1) is 0 Å². The second kappa shape index (κ2) is 3.24. The van der Waals surface area contributed by atoms with Gasteiger partial charge in [0.15, 0.2) is 0 Å². The van der Waals surface area contributed by atoms with E-state index in [2.05, 4.69) is 5.32 Å². The Morgan fingerprint density at radius 3 is 2.54 bits per heavy atom. The van der Waals surface area contributed by atoms with Crippen LogP contribution in [0.2, 0.25) is 0 Å². The third-order valence-corrected chi connectivity index (χ3v) is 2.52. The van der Waals surface area contributed by atoms with Crippen molar-refractivity contribution in [1.29, 1.82) is 0 Å². The Hall–Kier alpha value is -0.663. The van der Waals surface area contributed by atoms with Crippen LogP contribution in [0.15, 0.2) is 0 Å². The number of amides is 1. The molecule has 1 amide bonds. The summed E-state index contributed by atoms with van der Waals surface area (Å²) in [5.41, 5.74) is -0.796. The number of alkyl carbamates (subject to hydrolysis) is 1. The van der Waals surface area contributed by atoms with E-state index in [1.165, 1.54) is 0 Å². The molecule has 66 valence electrons. The van der Waals surface area contributed by atoms with E-state index in [1.54, 1.807) is 0 Å². The summed E-state index contributed by atoms with van der Waals surface area (Å²) in [4.78, 5) is 21.3. The van der Waals surface area contributed by atoms with Crippen molar-refractivity contribution >= 4 is 12.1 Å². The van der Waals surface area contributed by atoms with Gasteiger partial charge in [-0.3, -0.25) is 0 Å². The van der Waals surface area contributed by atoms with Gasteiger partial charge in [0.25, 0.3) is 0 Å². The molecule has 13 heavy (non-hydrogen) atoms. The van der Waals surface area contributed by atoms with Gasteiger partial charge in [0.2, 0.25) is 0 Å². The predicted octanol–water partition coefficient (Wildman–Crippen LogP) is -4.23. The Kier molecular flexibility index (Phi) is 2.60. The molecule has 1 saturated heterocycles. The number of hydrogen-bond acceptors (Lipinski definition) is 4. The molecule has 1 aliphatic carbocycles. The van der Waals surface area contributed by atoms with Crippen LogP contribution in [0.5, 0.6) is 0 Å². The van der Waals surface area contributed by atoms with Gasteiger partial charge in [-0.2, -0.15) is 0 Å². The van der Waals surface area contributed by atoms with Crippen LogP contribution in [-0.2, 0) is 9.53 Å². The van der Waals surface area contributed by atoms with Crippen LogP contribution < -0.4 is 29.3 Å². The molecule has 1 aliphatic heterocycles. The molecule has 1 saturated carbocycles. The first-order valence-corrected chi connectivity index (χ1v) is 3.84. The molecule has 6 heteroatoms. The zero-order chi connectivity index (χ0) is 8.77. The van der Waals surface area contributed by atoms with Crippen molar-refractivity contribution in [1.82, 2.24) is 5.32 Å². The molecular formula is C7H8LiNO4. The Balaban J connectivity index is 0.000000845. The molecule has 0 aromatic heterocycles. The molecule has 2 aliphatic rings. The maximum absolute atomic E-state index is 10.7. The van der Waals surface area contributed by atoms with Gasteiger partial charge in [-0.05, 0) is 19.3 Å². The smallest absolute Gasteiger partial charge is 0.548 e. The van der Waals surface area contributed by atoms with Gasteiger partial charge in [-0.25, -0.2) is 4.79 Å². The molecule has 0 aromatic carbocycles. The van der Waals surface area contributed by atoms with Crippen molar-refractivity contribution in [2.45, 2.75) is 30.9 Å². The van der Waals surface area contributed by atoms with Crippen molar-refractivity contribution in [2.24, 2.45) is 0 Å². The molecule has 1 N–H and O–H groups in total. The maximum atomic E-state index is 10.7. The third kappa shape index (κ3) is 1.43. The van der Waals surface area contributed by atoms with Crippen LogP contribution in [0.4, 0.5) is 4.79 Å². The van der Waals surface area contributed by atoms with E-state index in [4.69, 9.17) is 4.74 Å². The number of rotatable bonds is 1. The number of ether oxygens (including phenoxy) is 1. The van der Waals surface area contributed by atoms with Crippen LogP contribution in [0, 0.1) is 0 Å². The minimum absolute atomic E-state index is 0. The van der Waals surface area contributed by atoms with E-state index in [-0.39, 0.29) is 18.9 Å².